The lowest BCUT2D eigenvalue weighted by Gasteiger charge is -2.07. The van der Waals surface area contributed by atoms with Gasteiger partial charge in [0.05, 0.1) is 0 Å². The molecule has 0 aliphatic heterocycles. The Bertz CT molecular complexity index is 91.4. The summed E-state index contributed by atoms with van der Waals surface area (Å²) < 4.78 is 4.51. The highest BCUT2D eigenvalue weighted by atomic mass is 31.2. The van der Waals surface area contributed by atoms with Crippen LogP contribution in [0.5, 0.6) is 0 Å². The van der Waals surface area contributed by atoms with Gasteiger partial charge >= 0.3 is 7.94 Å². The second-order valence-corrected chi connectivity index (χ2v) is 4.52. The topological polar surface area (TPSA) is 61.7 Å². The minimum atomic E-state index is -3.08. The largest absolute Gasteiger partial charge is 0.425 e. The number of hydrogen-bond acceptors (Lipinski definition) is 4. The van der Waals surface area contributed by atoms with Crippen molar-refractivity contribution in [2.45, 2.75) is 13.8 Å². The second-order valence-electron chi connectivity index (χ2n) is 2.67. The Labute approximate surface area is 61.7 Å². The molecule has 10 heavy (non-hydrogen) atoms. The summed E-state index contributed by atoms with van der Waals surface area (Å²) >= 11 is 0. The predicted molar refractivity (Wildman–Crippen MR) is 41.2 cm³/mol. The van der Waals surface area contributed by atoms with Crippen LogP contribution in [0.3, 0.4) is 0 Å². The minimum Gasteiger partial charge on any atom is -0.192 e. The highest BCUT2D eigenvalue weighted by Crippen LogP contribution is 2.44. The van der Waals surface area contributed by atoms with Crippen LogP contribution in [0.1, 0.15) is 13.8 Å². The van der Waals surface area contributed by atoms with E-state index in [-0.39, 0.29) is 0 Å². The molecule has 0 amide bonds. The molecule has 0 atom stereocenters. The summed E-state index contributed by atoms with van der Waals surface area (Å²) in [7, 11) is -3.08. The van der Waals surface area contributed by atoms with E-state index in [9.17, 15) is 0 Å². The fourth-order valence-corrected chi connectivity index (χ4v) is 0.645. The molecule has 3 N–H and O–H groups in total. The summed E-state index contributed by atoms with van der Waals surface area (Å²) in [5.41, 5.74) is 2.47. The van der Waals surface area contributed by atoms with E-state index in [1.807, 2.05) is 13.8 Å². The molecule has 0 aliphatic rings. The van der Waals surface area contributed by atoms with Crippen molar-refractivity contribution < 1.29 is 14.4 Å². The molecular weight excluding hydrogens is 153 g/mol. The zero-order valence-corrected chi connectivity index (χ0v) is 7.43. The molecule has 0 heterocycles. The van der Waals surface area contributed by atoms with Gasteiger partial charge in [-0.1, -0.05) is 18.5 Å². The van der Waals surface area contributed by atoms with E-state index < -0.39 is 7.94 Å². The molecular formula is C5H15NO3P+. The quantitative estimate of drug-likeness (QED) is 0.423. The van der Waals surface area contributed by atoms with Crippen LogP contribution in [0.15, 0.2) is 0 Å². The van der Waals surface area contributed by atoms with Crippen molar-refractivity contribution >= 4 is 7.94 Å². The lowest BCUT2D eigenvalue weighted by molar-refractivity contribution is 0.139. The van der Waals surface area contributed by atoms with Gasteiger partial charge in [0, 0.05) is 6.54 Å². The minimum absolute atomic E-state index is 0.437. The molecule has 0 fully saturated rings. The lowest BCUT2D eigenvalue weighted by Crippen LogP contribution is -2.19. The van der Waals surface area contributed by atoms with E-state index >= 15 is 0 Å². The zero-order valence-electron chi connectivity index (χ0n) is 6.53. The number of nitrogens with one attached hydrogen (secondary N) is 1. The van der Waals surface area contributed by atoms with Crippen LogP contribution < -0.4 is 5.48 Å². The Kier molecular flexibility index (Phi) is 4.32. The van der Waals surface area contributed by atoms with Crippen LogP contribution >= 0.6 is 7.94 Å². The van der Waals surface area contributed by atoms with Gasteiger partial charge < -0.3 is 0 Å². The highest BCUT2D eigenvalue weighted by Gasteiger charge is 2.27. The Balaban J connectivity index is 3.21. The predicted octanol–water partition coefficient (Wildman–Crippen LogP) is 0.541. The van der Waals surface area contributed by atoms with Crippen molar-refractivity contribution in [3.8, 4) is 0 Å². The normalized spacial score (nSPS) is 12.6. The molecule has 4 nitrogen and oxygen atoms in total. The van der Waals surface area contributed by atoms with Gasteiger partial charge in [-0.3, -0.25) is 0 Å². The summed E-state index contributed by atoms with van der Waals surface area (Å²) in [6, 6.07) is 0. The van der Waals surface area contributed by atoms with Gasteiger partial charge in [0.2, 0.25) is 0 Å². The molecule has 0 spiro atoms. The second kappa shape index (κ2) is 4.21. The Morgan fingerprint density at radius 2 is 2.00 bits per heavy atom. The van der Waals surface area contributed by atoms with Gasteiger partial charge in [-0.2, -0.15) is 15.3 Å². The Morgan fingerprint density at radius 3 is 2.30 bits per heavy atom. The average molecular weight is 168 g/mol. The molecule has 62 valence electrons. The van der Waals surface area contributed by atoms with Crippen molar-refractivity contribution in [3.63, 3.8) is 0 Å². The van der Waals surface area contributed by atoms with Crippen LogP contribution in [-0.4, -0.2) is 23.0 Å². The third-order valence-electron chi connectivity index (χ3n) is 0.729. The molecule has 0 rings (SSSR count). The maximum absolute atomic E-state index is 8.71. The first-order valence-electron chi connectivity index (χ1n) is 3.15. The molecule has 0 aromatic rings. The Hall–Kier alpha value is 0.270. The van der Waals surface area contributed by atoms with E-state index in [2.05, 4.69) is 10.1 Å². The van der Waals surface area contributed by atoms with Gasteiger partial charge in [0.25, 0.3) is 0 Å². The van der Waals surface area contributed by atoms with E-state index in [1.54, 1.807) is 0 Å². The summed E-state index contributed by atoms with van der Waals surface area (Å²) in [6.45, 7) is 5.87. The van der Waals surface area contributed by atoms with E-state index in [0.717, 1.165) is 0 Å². The first kappa shape index (κ1) is 10.3. The maximum Gasteiger partial charge on any atom is 0.425 e. The van der Waals surface area contributed by atoms with Crippen LogP contribution in [0.25, 0.3) is 0 Å². The van der Waals surface area contributed by atoms with Crippen LogP contribution in [-0.2, 0) is 4.62 Å². The number of hydroxylamine groups is 1. The van der Waals surface area contributed by atoms with Crippen LogP contribution in [0, 0.1) is 5.92 Å². The van der Waals surface area contributed by atoms with Gasteiger partial charge in [-0.15, -0.1) is 0 Å². The number of rotatable bonds is 4. The van der Waals surface area contributed by atoms with Crippen molar-refractivity contribution in [1.29, 1.82) is 0 Å². The maximum atomic E-state index is 8.71. The summed E-state index contributed by atoms with van der Waals surface area (Å²) in [6.07, 6.45) is 0. The van der Waals surface area contributed by atoms with E-state index in [1.165, 1.54) is 6.66 Å². The number of hydrogen-bond donors (Lipinski definition) is 3. The fraction of sp³-hybridized carbons (Fsp3) is 1.00. The molecule has 0 bridgehead atoms. The standard InChI is InChI=1S/C5H15NO3P/c1-5(2)4-6-9-10(3,7)8/h5-8H,4H2,1-3H3/q+1. The van der Waals surface area contributed by atoms with E-state index in [0.29, 0.717) is 12.5 Å². The molecule has 5 heteroatoms. The fourth-order valence-electron chi connectivity index (χ4n) is 0.326. The van der Waals surface area contributed by atoms with Gasteiger partial charge in [0.15, 0.2) is 0 Å². The first-order valence-corrected chi connectivity index (χ1v) is 5.21. The monoisotopic (exact) mass is 168 g/mol. The molecule has 0 aromatic carbocycles. The smallest absolute Gasteiger partial charge is 0.192 e. The van der Waals surface area contributed by atoms with Crippen molar-refractivity contribution in [1.82, 2.24) is 5.48 Å². The molecule has 0 radical (unpaired) electrons. The first-order chi connectivity index (χ1) is 4.42. The zero-order chi connectivity index (χ0) is 8.20. The van der Waals surface area contributed by atoms with Crippen molar-refractivity contribution in [2.24, 2.45) is 5.92 Å². The molecule has 0 saturated heterocycles. The highest BCUT2D eigenvalue weighted by molar-refractivity contribution is 7.58. The summed E-state index contributed by atoms with van der Waals surface area (Å²) in [5, 5.41) is 0. The van der Waals surface area contributed by atoms with Crippen molar-refractivity contribution in [3.05, 3.63) is 0 Å². The molecule has 0 aromatic heterocycles. The summed E-state index contributed by atoms with van der Waals surface area (Å²) in [4.78, 5) is 17.4. The van der Waals surface area contributed by atoms with Gasteiger partial charge in [-0.25, -0.2) is 0 Å². The third kappa shape index (κ3) is 8.27. The molecule has 0 saturated carbocycles. The third-order valence-corrected chi connectivity index (χ3v) is 1.20. The van der Waals surface area contributed by atoms with Crippen LogP contribution in [0.4, 0.5) is 0 Å². The van der Waals surface area contributed by atoms with Gasteiger partial charge in [-0.05, 0) is 5.92 Å². The van der Waals surface area contributed by atoms with E-state index in [4.69, 9.17) is 9.79 Å². The van der Waals surface area contributed by atoms with Crippen LogP contribution in [0.2, 0.25) is 0 Å². The lowest BCUT2D eigenvalue weighted by atomic mass is 10.2. The SMILES string of the molecule is CC(C)CNO[P+](C)(O)O. The molecule has 0 unspecified atom stereocenters. The average Bonchev–Trinajstić information content (AvgIpc) is 1.59. The summed E-state index contributed by atoms with van der Waals surface area (Å²) in [5.74, 6) is 0.437. The Morgan fingerprint density at radius 1 is 1.50 bits per heavy atom. The van der Waals surface area contributed by atoms with Crippen molar-refractivity contribution in [2.75, 3.05) is 13.2 Å². The van der Waals surface area contributed by atoms with Gasteiger partial charge in [0.1, 0.15) is 6.66 Å². The molecule has 0 aliphatic carbocycles.